The van der Waals surface area contributed by atoms with Crippen molar-refractivity contribution in [2.24, 2.45) is 5.73 Å². The number of hydrogen-bond donors (Lipinski definition) is 1. The lowest BCUT2D eigenvalue weighted by Crippen LogP contribution is -2.19. The summed E-state index contributed by atoms with van der Waals surface area (Å²) >= 11 is 0. The Morgan fingerprint density at radius 1 is 1.47 bits per heavy atom. The van der Waals surface area contributed by atoms with E-state index in [0.29, 0.717) is 18.5 Å². The minimum absolute atomic E-state index is 0.429. The predicted molar refractivity (Wildman–Crippen MR) is 62.1 cm³/mol. The van der Waals surface area contributed by atoms with E-state index >= 15 is 0 Å². The molecule has 1 aliphatic carbocycles. The smallest absolute Gasteiger partial charge is 0.0631 e. The highest BCUT2D eigenvalue weighted by atomic mass is 15.3. The number of aryl methyl sites for hydroxylation is 1. The zero-order valence-electron chi connectivity index (χ0n) is 9.95. The zero-order chi connectivity index (χ0) is 11.0. The highest BCUT2D eigenvalue weighted by Gasteiger charge is 2.25. The number of rotatable bonds is 3. The van der Waals surface area contributed by atoms with E-state index in [1.54, 1.807) is 0 Å². The van der Waals surface area contributed by atoms with Crippen molar-refractivity contribution in [3.8, 4) is 0 Å². The van der Waals surface area contributed by atoms with Crippen LogP contribution in [0.3, 0.4) is 0 Å². The molecule has 0 bridgehead atoms. The van der Waals surface area contributed by atoms with Gasteiger partial charge in [0.2, 0.25) is 0 Å². The van der Waals surface area contributed by atoms with Crippen LogP contribution in [0.2, 0.25) is 0 Å². The summed E-state index contributed by atoms with van der Waals surface area (Å²) in [5.41, 5.74) is 9.59. The third kappa shape index (κ3) is 1.69. The van der Waals surface area contributed by atoms with Gasteiger partial charge in [-0.3, -0.25) is 4.68 Å². The third-order valence-electron chi connectivity index (χ3n) is 3.65. The summed E-state index contributed by atoms with van der Waals surface area (Å²) in [5, 5.41) is 4.66. The minimum atomic E-state index is 0.429. The molecule has 1 heterocycles. The van der Waals surface area contributed by atoms with Crippen LogP contribution in [0.5, 0.6) is 0 Å². The van der Waals surface area contributed by atoms with Crippen LogP contribution < -0.4 is 5.73 Å². The molecule has 3 nitrogen and oxygen atoms in total. The molecule has 2 N–H and O–H groups in total. The van der Waals surface area contributed by atoms with Gasteiger partial charge in [0.05, 0.1) is 11.7 Å². The van der Waals surface area contributed by atoms with Gasteiger partial charge < -0.3 is 5.73 Å². The summed E-state index contributed by atoms with van der Waals surface area (Å²) in [6, 6.07) is 0.655. The van der Waals surface area contributed by atoms with E-state index in [2.05, 4.69) is 30.6 Å². The van der Waals surface area contributed by atoms with Crippen molar-refractivity contribution >= 4 is 0 Å². The SMILES string of the molecule is Cc1nn(C2CCC2)c(C)c1C(C)CN. The van der Waals surface area contributed by atoms with Gasteiger partial charge >= 0.3 is 0 Å². The van der Waals surface area contributed by atoms with Crippen molar-refractivity contribution in [1.82, 2.24) is 9.78 Å². The Labute approximate surface area is 91.7 Å². The fourth-order valence-electron chi connectivity index (χ4n) is 2.49. The number of hydrogen-bond acceptors (Lipinski definition) is 2. The van der Waals surface area contributed by atoms with Crippen molar-refractivity contribution in [2.45, 2.75) is 52.0 Å². The van der Waals surface area contributed by atoms with Crippen LogP contribution >= 0.6 is 0 Å². The standard InChI is InChI=1S/C12H21N3/c1-8(7-13)12-9(2)14-15(10(12)3)11-5-4-6-11/h8,11H,4-7,13H2,1-3H3. The maximum Gasteiger partial charge on any atom is 0.0631 e. The third-order valence-corrected chi connectivity index (χ3v) is 3.65. The van der Waals surface area contributed by atoms with E-state index in [4.69, 9.17) is 5.73 Å². The lowest BCUT2D eigenvalue weighted by molar-refractivity contribution is 0.283. The van der Waals surface area contributed by atoms with E-state index in [9.17, 15) is 0 Å². The molecule has 0 aliphatic heterocycles. The van der Waals surface area contributed by atoms with Crippen molar-refractivity contribution in [3.63, 3.8) is 0 Å². The molecule has 84 valence electrons. The zero-order valence-corrected chi connectivity index (χ0v) is 9.95. The fourth-order valence-corrected chi connectivity index (χ4v) is 2.49. The van der Waals surface area contributed by atoms with Gasteiger partial charge in [0.25, 0.3) is 0 Å². The monoisotopic (exact) mass is 207 g/mol. The molecule has 1 aromatic rings. The van der Waals surface area contributed by atoms with Crippen LogP contribution in [0, 0.1) is 13.8 Å². The van der Waals surface area contributed by atoms with Crippen molar-refractivity contribution in [1.29, 1.82) is 0 Å². The Morgan fingerprint density at radius 2 is 2.13 bits per heavy atom. The molecule has 0 radical (unpaired) electrons. The number of aromatic nitrogens is 2. The molecular formula is C12H21N3. The highest BCUT2D eigenvalue weighted by Crippen LogP contribution is 2.34. The Kier molecular flexibility index (Phi) is 2.83. The van der Waals surface area contributed by atoms with Gasteiger partial charge in [-0.1, -0.05) is 6.92 Å². The van der Waals surface area contributed by atoms with Gasteiger partial charge in [-0.25, -0.2) is 0 Å². The molecule has 3 heteroatoms. The Bertz CT molecular complexity index is 350. The van der Waals surface area contributed by atoms with Gasteiger partial charge in [0.1, 0.15) is 0 Å². The quantitative estimate of drug-likeness (QED) is 0.826. The number of nitrogens with two attached hydrogens (primary N) is 1. The lowest BCUT2D eigenvalue weighted by Gasteiger charge is -2.27. The lowest BCUT2D eigenvalue weighted by atomic mass is 9.92. The van der Waals surface area contributed by atoms with Gasteiger partial charge in [0.15, 0.2) is 0 Å². The van der Waals surface area contributed by atoms with Crippen LogP contribution in [0.1, 0.15) is 55.1 Å². The summed E-state index contributed by atoms with van der Waals surface area (Å²) in [6.45, 7) is 7.17. The Balaban J connectivity index is 2.34. The molecule has 1 atom stereocenters. The van der Waals surface area contributed by atoms with E-state index < -0.39 is 0 Å². The van der Waals surface area contributed by atoms with Crippen LogP contribution in [-0.4, -0.2) is 16.3 Å². The van der Waals surface area contributed by atoms with E-state index in [1.807, 2.05) is 0 Å². The van der Waals surface area contributed by atoms with Gasteiger partial charge in [-0.05, 0) is 51.1 Å². The van der Waals surface area contributed by atoms with Crippen LogP contribution in [-0.2, 0) is 0 Å². The van der Waals surface area contributed by atoms with E-state index in [0.717, 1.165) is 5.69 Å². The van der Waals surface area contributed by atoms with Crippen molar-refractivity contribution in [3.05, 3.63) is 17.0 Å². The summed E-state index contributed by atoms with van der Waals surface area (Å²) in [5.74, 6) is 0.429. The first-order chi connectivity index (χ1) is 7.15. The Hall–Kier alpha value is -0.830. The molecule has 0 aromatic carbocycles. The van der Waals surface area contributed by atoms with E-state index in [1.165, 1.54) is 30.5 Å². The molecule has 1 aliphatic rings. The van der Waals surface area contributed by atoms with Gasteiger partial charge in [-0.2, -0.15) is 5.10 Å². The molecular weight excluding hydrogens is 186 g/mol. The molecule has 0 amide bonds. The van der Waals surface area contributed by atoms with Gasteiger partial charge in [-0.15, -0.1) is 0 Å². The molecule has 1 fully saturated rings. The van der Waals surface area contributed by atoms with Gasteiger partial charge in [0, 0.05) is 5.69 Å². The molecule has 0 spiro atoms. The maximum absolute atomic E-state index is 5.74. The second-order valence-electron chi connectivity index (χ2n) is 4.75. The summed E-state index contributed by atoms with van der Waals surface area (Å²) in [6.07, 6.45) is 3.93. The first-order valence-corrected chi connectivity index (χ1v) is 5.90. The van der Waals surface area contributed by atoms with Crippen LogP contribution in [0.4, 0.5) is 0 Å². The molecule has 2 rings (SSSR count). The highest BCUT2D eigenvalue weighted by molar-refractivity contribution is 5.29. The molecule has 1 saturated carbocycles. The van der Waals surface area contributed by atoms with Crippen molar-refractivity contribution < 1.29 is 0 Å². The summed E-state index contributed by atoms with van der Waals surface area (Å²) in [7, 11) is 0. The number of nitrogens with zero attached hydrogens (tertiary/aromatic N) is 2. The molecule has 15 heavy (non-hydrogen) atoms. The summed E-state index contributed by atoms with van der Waals surface area (Å²) < 4.78 is 2.22. The fraction of sp³-hybridized carbons (Fsp3) is 0.750. The average molecular weight is 207 g/mol. The first kappa shape index (κ1) is 10.7. The second kappa shape index (κ2) is 3.97. The molecule has 0 saturated heterocycles. The maximum atomic E-state index is 5.74. The topological polar surface area (TPSA) is 43.8 Å². The van der Waals surface area contributed by atoms with Crippen LogP contribution in [0.25, 0.3) is 0 Å². The van der Waals surface area contributed by atoms with E-state index in [-0.39, 0.29) is 0 Å². The van der Waals surface area contributed by atoms with Crippen molar-refractivity contribution in [2.75, 3.05) is 6.54 Å². The predicted octanol–water partition coefficient (Wildman–Crippen LogP) is 2.29. The Morgan fingerprint density at radius 3 is 2.60 bits per heavy atom. The molecule has 1 aromatic heterocycles. The largest absolute Gasteiger partial charge is 0.330 e. The summed E-state index contributed by atoms with van der Waals surface area (Å²) in [4.78, 5) is 0. The molecule has 1 unspecified atom stereocenters. The normalized spacial score (nSPS) is 18.9. The minimum Gasteiger partial charge on any atom is -0.330 e. The first-order valence-electron chi connectivity index (χ1n) is 5.90. The second-order valence-corrected chi connectivity index (χ2v) is 4.75. The van der Waals surface area contributed by atoms with Crippen LogP contribution in [0.15, 0.2) is 0 Å². The average Bonchev–Trinajstić information content (AvgIpc) is 2.39.